The highest BCUT2D eigenvalue weighted by Gasteiger charge is 2.28. The van der Waals surface area contributed by atoms with Crippen molar-refractivity contribution in [3.63, 3.8) is 0 Å². The number of aromatic nitrogens is 1. The van der Waals surface area contributed by atoms with E-state index in [9.17, 15) is 9.90 Å². The molecule has 1 fully saturated rings. The number of aliphatic hydroxyl groups is 1. The fraction of sp³-hybridized carbons (Fsp3) is 0.423. The van der Waals surface area contributed by atoms with E-state index in [1.165, 1.54) is 16.7 Å². The van der Waals surface area contributed by atoms with Crippen LogP contribution in [0.2, 0.25) is 0 Å². The molecule has 0 amide bonds. The lowest BCUT2D eigenvalue weighted by molar-refractivity contribution is -0.137. The maximum absolute atomic E-state index is 11.1. The van der Waals surface area contributed by atoms with E-state index in [1.54, 1.807) is 0 Å². The van der Waals surface area contributed by atoms with Crippen LogP contribution in [0.15, 0.2) is 36.4 Å². The number of fused-ring (bicyclic) bond motifs is 3. The molecule has 5 rings (SSSR count). The Hall–Kier alpha value is -2.79. The minimum absolute atomic E-state index is 0.0757. The number of aliphatic carboxylic acids is 1. The summed E-state index contributed by atoms with van der Waals surface area (Å²) in [6.07, 6.45) is 4.65. The molecule has 31 heavy (non-hydrogen) atoms. The summed E-state index contributed by atoms with van der Waals surface area (Å²) in [5.41, 5.74) is 7.12. The smallest absolute Gasteiger partial charge is 0.304 e. The summed E-state index contributed by atoms with van der Waals surface area (Å²) in [5.74, 6) is 0.627. The Labute approximate surface area is 182 Å². The van der Waals surface area contributed by atoms with Gasteiger partial charge in [0.05, 0.1) is 12.5 Å². The van der Waals surface area contributed by atoms with Crippen molar-refractivity contribution >= 4 is 16.9 Å². The quantitative estimate of drug-likeness (QED) is 0.514. The third-order valence-corrected chi connectivity index (χ3v) is 7.07. The Morgan fingerprint density at radius 1 is 1.16 bits per heavy atom. The van der Waals surface area contributed by atoms with Gasteiger partial charge in [0.25, 0.3) is 0 Å². The molecule has 0 saturated heterocycles. The van der Waals surface area contributed by atoms with Crippen LogP contribution in [-0.4, -0.2) is 27.3 Å². The van der Waals surface area contributed by atoms with Crippen molar-refractivity contribution in [1.82, 2.24) is 4.98 Å². The SMILES string of the molecule is Cc1cc(COc2ccc3[nH]c4c(c3c2)CC[C@H]4CC(=O)O)ccc1[C@H]1CC[C@H](O)C1. The number of H-pyrrole nitrogens is 1. The zero-order valence-corrected chi connectivity index (χ0v) is 17.9. The molecular weight excluding hydrogens is 390 g/mol. The molecule has 0 unspecified atom stereocenters. The fourth-order valence-corrected chi connectivity index (χ4v) is 5.53. The summed E-state index contributed by atoms with van der Waals surface area (Å²) >= 11 is 0. The minimum atomic E-state index is -0.744. The monoisotopic (exact) mass is 419 g/mol. The number of carbonyl (C=O) groups is 1. The van der Waals surface area contributed by atoms with E-state index >= 15 is 0 Å². The summed E-state index contributed by atoms with van der Waals surface area (Å²) in [6, 6.07) is 12.6. The topological polar surface area (TPSA) is 82.6 Å². The number of hydrogen-bond donors (Lipinski definition) is 3. The first-order chi connectivity index (χ1) is 15.0. The molecule has 3 atom stereocenters. The average Bonchev–Trinajstić information content (AvgIpc) is 3.42. The van der Waals surface area contributed by atoms with Gasteiger partial charge < -0.3 is 19.9 Å². The molecule has 3 N–H and O–H groups in total. The molecule has 3 aromatic rings. The van der Waals surface area contributed by atoms with Crippen LogP contribution in [0.5, 0.6) is 5.75 Å². The lowest BCUT2D eigenvalue weighted by atomic mass is 9.92. The molecule has 2 aliphatic carbocycles. The Morgan fingerprint density at radius 3 is 2.77 bits per heavy atom. The molecule has 1 aromatic heterocycles. The van der Waals surface area contributed by atoms with E-state index in [2.05, 4.69) is 36.2 Å². The normalized spacial score (nSPS) is 22.7. The number of carboxylic acid groups (broad SMARTS) is 1. The van der Waals surface area contributed by atoms with Gasteiger partial charge in [0.1, 0.15) is 12.4 Å². The average molecular weight is 420 g/mol. The van der Waals surface area contributed by atoms with Crippen LogP contribution in [0.25, 0.3) is 10.9 Å². The predicted molar refractivity (Wildman–Crippen MR) is 120 cm³/mol. The molecular formula is C26H29NO4. The van der Waals surface area contributed by atoms with Gasteiger partial charge in [-0.2, -0.15) is 0 Å². The van der Waals surface area contributed by atoms with E-state index < -0.39 is 5.97 Å². The fourth-order valence-electron chi connectivity index (χ4n) is 5.53. The van der Waals surface area contributed by atoms with Crippen molar-refractivity contribution in [3.8, 4) is 5.75 Å². The van der Waals surface area contributed by atoms with Crippen molar-refractivity contribution in [2.45, 2.75) is 70.0 Å². The van der Waals surface area contributed by atoms with Crippen molar-refractivity contribution in [3.05, 3.63) is 64.3 Å². The summed E-state index contributed by atoms with van der Waals surface area (Å²) in [6.45, 7) is 2.65. The van der Waals surface area contributed by atoms with Crippen molar-refractivity contribution in [2.75, 3.05) is 0 Å². The largest absolute Gasteiger partial charge is 0.489 e. The van der Waals surface area contributed by atoms with E-state index in [-0.39, 0.29) is 18.4 Å². The van der Waals surface area contributed by atoms with Gasteiger partial charge in [-0.1, -0.05) is 18.2 Å². The first kappa shape index (κ1) is 20.1. The number of carboxylic acids is 1. The number of benzene rings is 2. The highest BCUT2D eigenvalue weighted by molar-refractivity contribution is 5.87. The first-order valence-corrected chi connectivity index (χ1v) is 11.2. The number of ether oxygens (including phenoxy) is 1. The van der Waals surface area contributed by atoms with Gasteiger partial charge in [0.2, 0.25) is 0 Å². The van der Waals surface area contributed by atoms with Gasteiger partial charge in [-0.05, 0) is 85.4 Å². The Morgan fingerprint density at radius 2 is 2.03 bits per heavy atom. The van der Waals surface area contributed by atoms with Crippen LogP contribution in [-0.2, 0) is 17.8 Å². The number of aryl methyl sites for hydroxylation is 2. The number of hydrogen-bond acceptors (Lipinski definition) is 3. The molecule has 162 valence electrons. The lowest BCUT2D eigenvalue weighted by Crippen LogP contribution is -2.03. The number of aliphatic hydroxyl groups excluding tert-OH is 1. The molecule has 2 aromatic carbocycles. The summed E-state index contributed by atoms with van der Waals surface area (Å²) in [7, 11) is 0. The molecule has 1 saturated carbocycles. The van der Waals surface area contributed by atoms with Crippen LogP contribution in [0, 0.1) is 6.92 Å². The van der Waals surface area contributed by atoms with Gasteiger partial charge >= 0.3 is 5.97 Å². The summed E-state index contributed by atoms with van der Waals surface area (Å²) in [5, 5.41) is 20.1. The lowest BCUT2D eigenvalue weighted by Gasteiger charge is -2.15. The maximum atomic E-state index is 11.1. The second kappa shape index (κ2) is 8.04. The second-order valence-electron chi connectivity index (χ2n) is 9.20. The molecule has 5 nitrogen and oxygen atoms in total. The van der Waals surface area contributed by atoms with E-state index in [0.717, 1.165) is 60.0 Å². The second-order valence-corrected chi connectivity index (χ2v) is 9.20. The van der Waals surface area contributed by atoms with Crippen LogP contribution in [0.3, 0.4) is 0 Å². The van der Waals surface area contributed by atoms with Gasteiger partial charge in [0, 0.05) is 22.5 Å². The summed E-state index contributed by atoms with van der Waals surface area (Å²) in [4.78, 5) is 14.6. The summed E-state index contributed by atoms with van der Waals surface area (Å²) < 4.78 is 6.11. The van der Waals surface area contributed by atoms with Crippen LogP contribution >= 0.6 is 0 Å². The van der Waals surface area contributed by atoms with Crippen LogP contribution < -0.4 is 4.74 Å². The molecule has 5 heteroatoms. The molecule has 0 bridgehead atoms. The third-order valence-electron chi connectivity index (χ3n) is 7.07. The molecule has 0 radical (unpaired) electrons. The Bertz CT molecular complexity index is 1130. The zero-order chi connectivity index (χ0) is 21.5. The van der Waals surface area contributed by atoms with Crippen LogP contribution in [0.1, 0.15) is 71.9 Å². The zero-order valence-electron chi connectivity index (χ0n) is 17.9. The van der Waals surface area contributed by atoms with Crippen molar-refractivity contribution in [2.24, 2.45) is 0 Å². The number of aromatic amines is 1. The standard InChI is InChI=1S/C26H29NO4/c1-15-10-16(2-7-21(15)17-3-5-19(28)11-17)14-31-20-6-9-24-23(13-20)22-8-4-18(12-25(29)30)26(22)27-24/h2,6-7,9-10,13,17-19,27-28H,3-5,8,11-12,14H2,1H3,(H,29,30)/t17-,18-,19-/m0/s1. The predicted octanol–water partition coefficient (Wildman–Crippen LogP) is 5.19. The van der Waals surface area contributed by atoms with E-state index in [0.29, 0.717) is 12.5 Å². The van der Waals surface area contributed by atoms with Gasteiger partial charge in [-0.15, -0.1) is 0 Å². The Kier molecular flexibility index (Phi) is 5.22. The molecule has 1 heterocycles. The number of rotatable bonds is 6. The van der Waals surface area contributed by atoms with Crippen molar-refractivity contribution in [1.29, 1.82) is 0 Å². The minimum Gasteiger partial charge on any atom is -0.489 e. The maximum Gasteiger partial charge on any atom is 0.304 e. The van der Waals surface area contributed by atoms with Gasteiger partial charge in [-0.3, -0.25) is 4.79 Å². The molecule has 0 spiro atoms. The Balaban J connectivity index is 1.30. The van der Waals surface area contributed by atoms with E-state index in [4.69, 9.17) is 9.84 Å². The highest BCUT2D eigenvalue weighted by atomic mass is 16.5. The van der Waals surface area contributed by atoms with Gasteiger partial charge in [0.15, 0.2) is 0 Å². The van der Waals surface area contributed by atoms with Crippen molar-refractivity contribution < 1.29 is 19.7 Å². The first-order valence-electron chi connectivity index (χ1n) is 11.2. The highest BCUT2D eigenvalue weighted by Crippen LogP contribution is 2.40. The van der Waals surface area contributed by atoms with Gasteiger partial charge in [-0.25, -0.2) is 0 Å². The van der Waals surface area contributed by atoms with Crippen LogP contribution in [0.4, 0.5) is 0 Å². The van der Waals surface area contributed by atoms with E-state index in [1.807, 2.05) is 12.1 Å². The third kappa shape index (κ3) is 3.94. The number of nitrogens with one attached hydrogen (secondary N) is 1. The molecule has 0 aliphatic heterocycles. The molecule has 2 aliphatic rings.